The van der Waals surface area contributed by atoms with Gasteiger partial charge in [-0.2, -0.15) is 0 Å². The fraction of sp³-hybridized carbons (Fsp3) is 0.400. The van der Waals surface area contributed by atoms with Crippen molar-refractivity contribution in [2.24, 2.45) is 5.92 Å². The van der Waals surface area contributed by atoms with Crippen LogP contribution in [0.4, 0.5) is 0 Å². The van der Waals surface area contributed by atoms with Gasteiger partial charge in [-0.15, -0.1) is 0 Å². The number of carbonyl (C=O) groups excluding carboxylic acids is 1. The van der Waals surface area contributed by atoms with Gasteiger partial charge in [0.25, 0.3) is 0 Å². The van der Waals surface area contributed by atoms with E-state index in [0.29, 0.717) is 19.0 Å². The van der Waals surface area contributed by atoms with E-state index in [1.54, 1.807) is 0 Å². The van der Waals surface area contributed by atoms with E-state index in [2.05, 4.69) is 41.6 Å². The van der Waals surface area contributed by atoms with Crippen LogP contribution in [0.15, 0.2) is 30.5 Å². The zero-order valence-corrected chi connectivity index (χ0v) is 11.5. The minimum atomic E-state index is 0.0509. The van der Waals surface area contributed by atoms with Crippen LogP contribution in [0.2, 0.25) is 0 Å². The van der Waals surface area contributed by atoms with Gasteiger partial charge < -0.3 is 15.6 Å². The predicted molar refractivity (Wildman–Crippen MR) is 77.9 cm³/mol. The Hall–Kier alpha value is -1.81. The number of fused-ring (bicyclic) bond motifs is 1. The van der Waals surface area contributed by atoms with Crippen LogP contribution in [0.5, 0.6) is 0 Å². The largest absolute Gasteiger partial charge is 0.361 e. The second kappa shape index (κ2) is 6.38. The molecular weight excluding hydrogens is 238 g/mol. The quantitative estimate of drug-likeness (QED) is 0.743. The zero-order chi connectivity index (χ0) is 13.7. The van der Waals surface area contributed by atoms with Crippen molar-refractivity contribution in [3.63, 3.8) is 0 Å². The highest BCUT2D eigenvalue weighted by Gasteiger charge is 2.04. The van der Waals surface area contributed by atoms with E-state index >= 15 is 0 Å². The molecule has 0 aliphatic carbocycles. The number of rotatable bonds is 6. The van der Waals surface area contributed by atoms with E-state index in [1.165, 1.54) is 10.9 Å². The third kappa shape index (κ3) is 3.83. The fourth-order valence-electron chi connectivity index (χ4n) is 2.00. The van der Waals surface area contributed by atoms with E-state index in [4.69, 9.17) is 0 Å². The van der Waals surface area contributed by atoms with Gasteiger partial charge in [0.15, 0.2) is 0 Å². The first-order chi connectivity index (χ1) is 9.16. The molecule has 3 N–H and O–H groups in total. The van der Waals surface area contributed by atoms with Gasteiger partial charge in [-0.3, -0.25) is 4.79 Å². The van der Waals surface area contributed by atoms with Crippen LogP contribution in [0.3, 0.4) is 0 Å². The number of aromatic amines is 1. The van der Waals surface area contributed by atoms with E-state index in [0.717, 1.165) is 12.1 Å². The Balaban J connectivity index is 1.82. The molecule has 102 valence electrons. The third-order valence-electron chi connectivity index (χ3n) is 2.99. The van der Waals surface area contributed by atoms with Gasteiger partial charge in [-0.25, -0.2) is 0 Å². The molecule has 0 saturated heterocycles. The van der Waals surface area contributed by atoms with Crippen molar-refractivity contribution in [1.82, 2.24) is 15.6 Å². The van der Waals surface area contributed by atoms with Crippen molar-refractivity contribution < 1.29 is 4.79 Å². The number of hydrogen-bond donors (Lipinski definition) is 3. The van der Waals surface area contributed by atoms with Crippen LogP contribution >= 0.6 is 0 Å². The molecule has 0 atom stereocenters. The van der Waals surface area contributed by atoms with E-state index in [1.807, 2.05) is 18.3 Å². The summed E-state index contributed by atoms with van der Waals surface area (Å²) >= 11 is 0. The summed E-state index contributed by atoms with van der Waals surface area (Å²) in [5.41, 5.74) is 2.33. The molecule has 2 rings (SSSR count). The standard InChI is InChI=1S/C15H21N3O/c1-11(2)8-18-15(19)10-16-9-12-4-3-5-14-13(12)6-7-17-14/h3-7,11,16-17H,8-10H2,1-2H3,(H,18,19). The average molecular weight is 259 g/mol. The smallest absolute Gasteiger partial charge is 0.233 e. The molecular formula is C15H21N3O. The highest BCUT2D eigenvalue weighted by atomic mass is 16.1. The van der Waals surface area contributed by atoms with Crippen LogP contribution in [-0.4, -0.2) is 24.0 Å². The Bertz CT molecular complexity index is 545. The number of amides is 1. The monoisotopic (exact) mass is 259 g/mol. The minimum absolute atomic E-state index is 0.0509. The fourth-order valence-corrected chi connectivity index (χ4v) is 2.00. The molecule has 19 heavy (non-hydrogen) atoms. The maximum Gasteiger partial charge on any atom is 0.233 e. The molecule has 0 aliphatic heterocycles. The van der Waals surface area contributed by atoms with Gasteiger partial charge in [-0.1, -0.05) is 26.0 Å². The second-order valence-electron chi connectivity index (χ2n) is 5.16. The van der Waals surface area contributed by atoms with Crippen LogP contribution in [0, 0.1) is 5.92 Å². The molecule has 0 spiro atoms. The number of benzene rings is 1. The van der Waals surface area contributed by atoms with Crippen molar-refractivity contribution >= 4 is 16.8 Å². The molecule has 0 radical (unpaired) electrons. The maximum atomic E-state index is 11.6. The summed E-state index contributed by atoms with van der Waals surface area (Å²) < 4.78 is 0. The normalized spacial score (nSPS) is 11.1. The average Bonchev–Trinajstić information content (AvgIpc) is 2.85. The molecule has 0 bridgehead atoms. The van der Waals surface area contributed by atoms with Gasteiger partial charge >= 0.3 is 0 Å². The first-order valence-electron chi connectivity index (χ1n) is 6.69. The van der Waals surface area contributed by atoms with E-state index < -0.39 is 0 Å². The van der Waals surface area contributed by atoms with Crippen molar-refractivity contribution in [2.45, 2.75) is 20.4 Å². The minimum Gasteiger partial charge on any atom is -0.361 e. The number of hydrogen-bond acceptors (Lipinski definition) is 2. The summed E-state index contributed by atoms with van der Waals surface area (Å²) in [6, 6.07) is 8.21. The summed E-state index contributed by atoms with van der Waals surface area (Å²) in [4.78, 5) is 14.8. The van der Waals surface area contributed by atoms with Crippen molar-refractivity contribution in [2.75, 3.05) is 13.1 Å². The lowest BCUT2D eigenvalue weighted by Crippen LogP contribution is -2.35. The van der Waals surface area contributed by atoms with Gasteiger partial charge in [-0.05, 0) is 23.6 Å². The Morgan fingerprint density at radius 1 is 1.32 bits per heavy atom. The summed E-state index contributed by atoms with van der Waals surface area (Å²) in [6.45, 7) is 5.95. The molecule has 1 aromatic carbocycles. The number of carbonyl (C=O) groups is 1. The lowest BCUT2D eigenvalue weighted by atomic mass is 10.1. The molecule has 0 fully saturated rings. The van der Waals surface area contributed by atoms with Gasteiger partial charge in [0, 0.05) is 30.2 Å². The van der Waals surface area contributed by atoms with Crippen LogP contribution in [0.25, 0.3) is 10.9 Å². The molecule has 0 saturated carbocycles. The topological polar surface area (TPSA) is 56.9 Å². The van der Waals surface area contributed by atoms with Gasteiger partial charge in [0.2, 0.25) is 5.91 Å². The summed E-state index contributed by atoms with van der Waals surface area (Å²) in [7, 11) is 0. The predicted octanol–water partition coefficient (Wildman–Crippen LogP) is 2.03. The Labute approximate surface area is 113 Å². The lowest BCUT2D eigenvalue weighted by molar-refractivity contribution is -0.120. The van der Waals surface area contributed by atoms with Crippen LogP contribution in [0.1, 0.15) is 19.4 Å². The summed E-state index contributed by atoms with van der Waals surface area (Å²) in [6.07, 6.45) is 1.93. The molecule has 2 aromatic rings. The summed E-state index contributed by atoms with van der Waals surface area (Å²) in [5, 5.41) is 7.28. The SMILES string of the molecule is CC(C)CNC(=O)CNCc1cccc2[nH]ccc12. The highest BCUT2D eigenvalue weighted by molar-refractivity contribution is 5.83. The van der Waals surface area contributed by atoms with Gasteiger partial charge in [0.1, 0.15) is 0 Å². The number of nitrogens with one attached hydrogen (secondary N) is 3. The summed E-state index contributed by atoms with van der Waals surface area (Å²) in [5.74, 6) is 0.535. The van der Waals surface area contributed by atoms with E-state index in [9.17, 15) is 4.79 Å². The molecule has 0 unspecified atom stereocenters. The third-order valence-corrected chi connectivity index (χ3v) is 2.99. The molecule has 1 aromatic heterocycles. The first kappa shape index (κ1) is 13.6. The molecule has 1 amide bonds. The Morgan fingerprint density at radius 2 is 2.16 bits per heavy atom. The van der Waals surface area contributed by atoms with Crippen molar-refractivity contribution in [3.8, 4) is 0 Å². The van der Waals surface area contributed by atoms with Gasteiger partial charge in [0.05, 0.1) is 6.54 Å². The molecule has 4 heteroatoms. The highest BCUT2D eigenvalue weighted by Crippen LogP contribution is 2.16. The van der Waals surface area contributed by atoms with Crippen LogP contribution in [-0.2, 0) is 11.3 Å². The van der Waals surface area contributed by atoms with Crippen LogP contribution < -0.4 is 10.6 Å². The van der Waals surface area contributed by atoms with Crippen molar-refractivity contribution in [3.05, 3.63) is 36.0 Å². The first-order valence-corrected chi connectivity index (χ1v) is 6.69. The number of H-pyrrole nitrogens is 1. The maximum absolute atomic E-state index is 11.6. The lowest BCUT2D eigenvalue weighted by Gasteiger charge is -2.09. The van der Waals surface area contributed by atoms with Crippen molar-refractivity contribution in [1.29, 1.82) is 0 Å². The number of aromatic nitrogens is 1. The van der Waals surface area contributed by atoms with E-state index in [-0.39, 0.29) is 5.91 Å². The Morgan fingerprint density at radius 3 is 2.95 bits per heavy atom. The zero-order valence-electron chi connectivity index (χ0n) is 11.5. The Kier molecular flexibility index (Phi) is 4.58. The molecule has 4 nitrogen and oxygen atoms in total. The molecule has 1 heterocycles. The molecule has 0 aliphatic rings. The second-order valence-corrected chi connectivity index (χ2v) is 5.16.